The van der Waals surface area contributed by atoms with Gasteiger partial charge in [0, 0.05) is 21.2 Å². The number of anilines is 1. The summed E-state index contributed by atoms with van der Waals surface area (Å²) in [5, 5.41) is 8.38. The Hall–Kier alpha value is -0.890. The number of hydrogen-bond donors (Lipinski definition) is 2. The van der Waals surface area contributed by atoms with Crippen molar-refractivity contribution < 1.29 is 8.42 Å². The minimum atomic E-state index is -3.69. The van der Waals surface area contributed by atoms with Gasteiger partial charge in [0.25, 0.3) is 0 Å². The van der Waals surface area contributed by atoms with Gasteiger partial charge >= 0.3 is 0 Å². The van der Waals surface area contributed by atoms with E-state index >= 15 is 0 Å². The van der Waals surface area contributed by atoms with Gasteiger partial charge in [-0.15, -0.1) is 0 Å². The fourth-order valence-electron chi connectivity index (χ4n) is 1.82. The quantitative estimate of drug-likeness (QED) is 0.770. The summed E-state index contributed by atoms with van der Waals surface area (Å²) >= 11 is 6.87. The maximum absolute atomic E-state index is 11.4. The van der Waals surface area contributed by atoms with E-state index in [-0.39, 0.29) is 4.90 Å². The highest BCUT2D eigenvalue weighted by Crippen LogP contribution is 2.25. The molecule has 0 aliphatic rings. The summed E-state index contributed by atoms with van der Waals surface area (Å²) in [4.78, 5) is 0.104. The van der Waals surface area contributed by atoms with Crippen molar-refractivity contribution in [1.29, 1.82) is 0 Å². The lowest BCUT2D eigenvalue weighted by atomic mass is 10.2. The van der Waals surface area contributed by atoms with E-state index in [0.29, 0.717) is 6.54 Å². The molecule has 0 bridgehead atoms. The van der Waals surface area contributed by atoms with Crippen molar-refractivity contribution in [3.63, 3.8) is 0 Å². The highest BCUT2D eigenvalue weighted by Gasteiger charge is 2.10. The minimum Gasteiger partial charge on any atom is -0.381 e. The predicted molar refractivity (Wildman–Crippen MR) is 91.7 cm³/mol. The molecule has 0 saturated heterocycles. The Labute approximate surface area is 141 Å². The second kappa shape index (κ2) is 6.48. The van der Waals surface area contributed by atoms with E-state index in [0.717, 1.165) is 25.8 Å². The second-order valence-electron chi connectivity index (χ2n) is 4.62. The van der Waals surface area contributed by atoms with Crippen molar-refractivity contribution in [3.05, 3.63) is 56.5 Å². The molecule has 0 heterocycles. The smallest absolute Gasteiger partial charge is 0.238 e. The van der Waals surface area contributed by atoms with E-state index in [9.17, 15) is 8.42 Å². The van der Waals surface area contributed by atoms with Crippen molar-refractivity contribution in [2.45, 2.75) is 18.4 Å². The molecule has 2 aromatic carbocycles. The van der Waals surface area contributed by atoms with Gasteiger partial charge in [0.05, 0.1) is 4.90 Å². The molecule has 0 saturated carbocycles. The van der Waals surface area contributed by atoms with Crippen LogP contribution in [0.5, 0.6) is 0 Å². The average Bonchev–Trinajstić information content (AvgIpc) is 2.40. The first-order chi connectivity index (χ1) is 9.77. The number of hydrogen-bond acceptors (Lipinski definition) is 3. The summed E-state index contributed by atoms with van der Waals surface area (Å²) in [6.45, 7) is 2.49. The average molecular weight is 434 g/mol. The molecule has 2 rings (SSSR count). The lowest BCUT2D eigenvalue weighted by molar-refractivity contribution is 0.598. The zero-order valence-corrected chi connectivity index (χ0v) is 15.2. The van der Waals surface area contributed by atoms with Crippen LogP contribution in [0.1, 0.15) is 11.1 Å². The zero-order valence-electron chi connectivity index (χ0n) is 11.2. The molecule has 0 atom stereocenters. The molecule has 0 spiro atoms. The molecular formula is C14H14Br2N2O2S. The molecule has 0 aliphatic heterocycles. The third kappa shape index (κ3) is 4.29. The number of halogens is 2. The fourth-order valence-corrected chi connectivity index (χ4v) is 3.03. The molecule has 112 valence electrons. The number of aryl methyl sites for hydroxylation is 1. The van der Waals surface area contributed by atoms with Gasteiger partial charge < -0.3 is 5.32 Å². The molecule has 0 radical (unpaired) electrons. The van der Waals surface area contributed by atoms with Gasteiger partial charge in [-0.3, -0.25) is 0 Å². The second-order valence-corrected chi connectivity index (χ2v) is 7.89. The molecule has 21 heavy (non-hydrogen) atoms. The van der Waals surface area contributed by atoms with Crippen molar-refractivity contribution in [3.8, 4) is 0 Å². The number of sulfonamides is 1. The van der Waals surface area contributed by atoms with Crippen LogP contribution in [0.25, 0.3) is 0 Å². The maximum Gasteiger partial charge on any atom is 0.238 e. The molecule has 0 aromatic heterocycles. The van der Waals surface area contributed by atoms with Crippen molar-refractivity contribution in [2.75, 3.05) is 5.32 Å². The van der Waals surface area contributed by atoms with Crippen LogP contribution in [0.4, 0.5) is 5.69 Å². The monoisotopic (exact) mass is 432 g/mol. The summed E-state index contributed by atoms with van der Waals surface area (Å²) < 4.78 is 24.7. The topological polar surface area (TPSA) is 72.2 Å². The summed E-state index contributed by atoms with van der Waals surface area (Å²) in [7, 11) is -3.69. The number of nitrogens with two attached hydrogens (primary N) is 1. The van der Waals surface area contributed by atoms with Gasteiger partial charge in [-0.2, -0.15) is 0 Å². The summed E-state index contributed by atoms with van der Waals surface area (Å²) in [5.41, 5.74) is 2.78. The maximum atomic E-state index is 11.4. The van der Waals surface area contributed by atoms with E-state index in [4.69, 9.17) is 5.14 Å². The standard InChI is InChI=1S/C14H14Br2N2O2S/c1-9-2-4-11(21(17,19)20)7-14(9)18-8-10-3-5-12(15)13(16)6-10/h2-7,18H,8H2,1H3,(H2,17,19,20). The molecule has 0 fully saturated rings. The van der Waals surface area contributed by atoms with Crippen LogP contribution >= 0.6 is 31.9 Å². The lowest BCUT2D eigenvalue weighted by Crippen LogP contribution is -2.13. The molecule has 0 aliphatic carbocycles. The van der Waals surface area contributed by atoms with E-state index in [2.05, 4.69) is 37.2 Å². The van der Waals surface area contributed by atoms with Gasteiger partial charge in [0.1, 0.15) is 0 Å². The number of primary sulfonamides is 1. The van der Waals surface area contributed by atoms with Crippen LogP contribution in [0.15, 0.2) is 50.2 Å². The first-order valence-electron chi connectivity index (χ1n) is 6.08. The first kappa shape index (κ1) is 16.5. The van der Waals surface area contributed by atoms with Gasteiger partial charge in [-0.05, 0) is 74.2 Å². The van der Waals surface area contributed by atoms with E-state index in [1.165, 1.54) is 6.07 Å². The summed E-state index contributed by atoms with van der Waals surface area (Å²) in [5.74, 6) is 0. The Balaban J connectivity index is 2.21. The molecule has 0 unspecified atom stereocenters. The number of nitrogens with one attached hydrogen (secondary N) is 1. The predicted octanol–water partition coefficient (Wildman–Crippen LogP) is 3.78. The van der Waals surface area contributed by atoms with Crippen LogP contribution < -0.4 is 10.5 Å². The van der Waals surface area contributed by atoms with Crippen molar-refractivity contribution in [2.24, 2.45) is 5.14 Å². The molecule has 4 nitrogen and oxygen atoms in total. The molecule has 3 N–H and O–H groups in total. The molecule has 2 aromatic rings. The summed E-state index contributed by atoms with van der Waals surface area (Å²) in [6.07, 6.45) is 0. The van der Waals surface area contributed by atoms with E-state index < -0.39 is 10.0 Å². The Bertz CT molecular complexity index is 777. The van der Waals surface area contributed by atoms with Gasteiger partial charge in [0.2, 0.25) is 10.0 Å². The number of benzene rings is 2. The highest BCUT2D eigenvalue weighted by atomic mass is 79.9. The Morgan fingerprint density at radius 1 is 1.10 bits per heavy atom. The summed E-state index contributed by atoms with van der Waals surface area (Å²) in [6, 6.07) is 10.7. The lowest BCUT2D eigenvalue weighted by Gasteiger charge is -2.11. The Morgan fingerprint density at radius 2 is 1.81 bits per heavy atom. The largest absolute Gasteiger partial charge is 0.381 e. The zero-order chi connectivity index (χ0) is 15.6. The van der Waals surface area contributed by atoms with Crippen LogP contribution in [0.3, 0.4) is 0 Å². The van der Waals surface area contributed by atoms with Crippen LogP contribution in [0.2, 0.25) is 0 Å². The normalized spacial score (nSPS) is 11.4. The molecule has 0 amide bonds. The van der Waals surface area contributed by atoms with Crippen molar-refractivity contribution in [1.82, 2.24) is 0 Å². The Morgan fingerprint density at radius 3 is 2.43 bits per heavy atom. The molecular weight excluding hydrogens is 420 g/mol. The highest BCUT2D eigenvalue weighted by molar-refractivity contribution is 9.13. The number of rotatable bonds is 4. The van der Waals surface area contributed by atoms with E-state index in [1.54, 1.807) is 12.1 Å². The fraction of sp³-hybridized carbons (Fsp3) is 0.143. The third-order valence-electron chi connectivity index (χ3n) is 3.00. The SMILES string of the molecule is Cc1ccc(S(N)(=O)=O)cc1NCc1ccc(Br)c(Br)c1. The molecule has 7 heteroatoms. The third-order valence-corrected chi connectivity index (χ3v) is 5.80. The van der Waals surface area contributed by atoms with Gasteiger partial charge in [-0.1, -0.05) is 12.1 Å². The van der Waals surface area contributed by atoms with Crippen LogP contribution in [0, 0.1) is 6.92 Å². The minimum absolute atomic E-state index is 0.104. The van der Waals surface area contributed by atoms with Gasteiger partial charge in [0.15, 0.2) is 0 Å². The Kier molecular flexibility index (Phi) is 5.08. The van der Waals surface area contributed by atoms with Crippen LogP contribution in [-0.4, -0.2) is 8.42 Å². The van der Waals surface area contributed by atoms with Crippen LogP contribution in [-0.2, 0) is 16.6 Å². The van der Waals surface area contributed by atoms with E-state index in [1.807, 2.05) is 25.1 Å². The van der Waals surface area contributed by atoms with Crippen molar-refractivity contribution >= 4 is 47.6 Å². The van der Waals surface area contributed by atoms with Gasteiger partial charge in [-0.25, -0.2) is 13.6 Å². The first-order valence-corrected chi connectivity index (χ1v) is 9.22.